The first-order chi connectivity index (χ1) is 14.8. The summed E-state index contributed by atoms with van der Waals surface area (Å²) in [6.07, 6.45) is 1.63. The summed E-state index contributed by atoms with van der Waals surface area (Å²) in [5.74, 6) is 0.732. The van der Waals surface area contributed by atoms with Crippen molar-refractivity contribution in [3.63, 3.8) is 0 Å². The lowest BCUT2D eigenvalue weighted by molar-refractivity contribution is 0.477. The van der Waals surface area contributed by atoms with Gasteiger partial charge in [0.2, 0.25) is 10.0 Å². The highest BCUT2D eigenvalue weighted by molar-refractivity contribution is 9.10. The molecule has 2 aromatic carbocycles. The first-order valence-electron chi connectivity index (χ1n) is 9.48. The highest BCUT2D eigenvalue weighted by atomic mass is 79.9. The number of halogens is 1. The van der Waals surface area contributed by atoms with Crippen molar-refractivity contribution in [1.29, 1.82) is 0 Å². The first kappa shape index (κ1) is 21.3. The minimum Gasteiger partial charge on any atom is -0.507 e. The van der Waals surface area contributed by atoms with Crippen LogP contribution in [0, 0.1) is 6.92 Å². The molecule has 4 aromatic rings. The number of hydrogen-bond acceptors (Lipinski definition) is 6. The summed E-state index contributed by atoms with van der Waals surface area (Å²) in [5.41, 5.74) is 2.72. The molecule has 0 spiro atoms. The molecule has 0 unspecified atom stereocenters. The van der Waals surface area contributed by atoms with Gasteiger partial charge in [-0.15, -0.1) is 0 Å². The van der Waals surface area contributed by atoms with Gasteiger partial charge in [0.05, 0.1) is 21.3 Å². The lowest BCUT2D eigenvalue weighted by Crippen LogP contribution is -2.29. The maximum Gasteiger partial charge on any atom is 0.240 e. The molecule has 0 amide bonds. The molecular formula is C21H20BrN5O3S. The zero-order valence-corrected chi connectivity index (χ0v) is 19.0. The van der Waals surface area contributed by atoms with Crippen molar-refractivity contribution in [2.24, 2.45) is 0 Å². The van der Waals surface area contributed by atoms with Crippen LogP contribution in [0.5, 0.6) is 5.75 Å². The van der Waals surface area contributed by atoms with E-state index in [9.17, 15) is 13.5 Å². The van der Waals surface area contributed by atoms with Gasteiger partial charge in [-0.2, -0.15) is 9.61 Å². The number of rotatable bonds is 7. The Hall–Kier alpha value is -2.95. The van der Waals surface area contributed by atoms with Crippen LogP contribution in [0.25, 0.3) is 16.9 Å². The third kappa shape index (κ3) is 4.55. The molecule has 8 nitrogen and oxygen atoms in total. The molecular weight excluding hydrogens is 482 g/mol. The molecule has 0 aliphatic rings. The van der Waals surface area contributed by atoms with Crippen LogP contribution >= 0.6 is 15.9 Å². The Kier molecular flexibility index (Phi) is 5.94. The van der Waals surface area contributed by atoms with Crippen molar-refractivity contribution in [3.8, 4) is 17.0 Å². The van der Waals surface area contributed by atoms with Gasteiger partial charge in [0, 0.05) is 24.7 Å². The lowest BCUT2D eigenvalue weighted by atomic mass is 10.1. The second-order valence-corrected chi connectivity index (χ2v) is 9.53. The summed E-state index contributed by atoms with van der Waals surface area (Å²) < 4.78 is 29.8. The molecule has 2 aromatic heterocycles. The molecule has 0 radical (unpaired) electrons. The van der Waals surface area contributed by atoms with Gasteiger partial charge in [-0.25, -0.2) is 18.1 Å². The van der Waals surface area contributed by atoms with E-state index in [1.165, 1.54) is 0 Å². The molecule has 160 valence electrons. The fourth-order valence-electron chi connectivity index (χ4n) is 3.07. The molecule has 0 saturated heterocycles. The number of benzene rings is 2. The Bertz CT molecular complexity index is 1340. The van der Waals surface area contributed by atoms with Crippen molar-refractivity contribution in [2.75, 3.05) is 18.4 Å². The average Bonchev–Trinajstić information content (AvgIpc) is 3.13. The number of aryl methyl sites for hydroxylation is 1. The molecule has 3 N–H and O–H groups in total. The van der Waals surface area contributed by atoms with E-state index in [4.69, 9.17) is 0 Å². The maximum atomic E-state index is 12.4. The number of phenols is 1. The van der Waals surface area contributed by atoms with E-state index in [0.717, 1.165) is 5.56 Å². The van der Waals surface area contributed by atoms with Gasteiger partial charge in [0.15, 0.2) is 5.65 Å². The zero-order chi connectivity index (χ0) is 22.0. The predicted octanol–water partition coefficient (Wildman–Crippen LogP) is 3.56. The van der Waals surface area contributed by atoms with Crippen LogP contribution in [-0.4, -0.2) is 41.2 Å². The molecule has 0 aliphatic heterocycles. The second kappa shape index (κ2) is 8.66. The van der Waals surface area contributed by atoms with Gasteiger partial charge < -0.3 is 10.4 Å². The summed E-state index contributed by atoms with van der Waals surface area (Å²) in [7, 11) is -3.59. The molecule has 31 heavy (non-hydrogen) atoms. The predicted molar refractivity (Wildman–Crippen MR) is 123 cm³/mol. The molecule has 0 saturated carbocycles. The quantitative estimate of drug-likeness (QED) is 0.334. The van der Waals surface area contributed by atoms with E-state index in [1.54, 1.807) is 59.2 Å². The summed E-state index contributed by atoms with van der Waals surface area (Å²) in [6, 6.07) is 15.4. The van der Waals surface area contributed by atoms with Gasteiger partial charge in [-0.1, -0.05) is 29.8 Å². The van der Waals surface area contributed by atoms with Gasteiger partial charge in [-0.3, -0.25) is 0 Å². The Morgan fingerprint density at radius 1 is 1.10 bits per heavy atom. The SMILES string of the molecule is Cc1ccc(S(=O)(=O)NCCNc2cc(-c3ccccc3O)nc3c(Br)cnn23)cc1. The van der Waals surface area contributed by atoms with Crippen molar-refractivity contribution < 1.29 is 13.5 Å². The van der Waals surface area contributed by atoms with Crippen LogP contribution in [0.1, 0.15) is 5.56 Å². The van der Waals surface area contributed by atoms with Crippen LogP contribution in [-0.2, 0) is 10.0 Å². The van der Waals surface area contributed by atoms with Crippen LogP contribution in [0.15, 0.2) is 70.2 Å². The largest absolute Gasteiger partial charge is 0.507 e. The monoisotopic (exact) mass is 501 g/mol. The highest BCUT2D eigenvalue weighted by Gasteiger charge is 2.15. The van der Waals surface area contributed by atoms with Crippen LogP contribution in [0.4, 0.5) is 5.82 Å². The molecule has 4 rings (SSSR count). The molecule has 0 aliphatic carbocycles. The van der Waals surface area contributed by atoms with Gasteiger partial charge in [0.1, 0.15) is 11.6 Å². The highest BCUT2D eigenvalue weighted by Crippen LogP contribution is 2.30. The summed E-state index contributed by atoms with van der Waals surface area (Å²) in [4.78, 5) is 4.81. The molecule has 0 bridgehead atoms. The number of phenolic OH excluding ortho intramolecular Hbond substituents is 1. The lowest BCUT2D eigenvalue weighted by Gasteiger charge is -2.12. The summed E-state index contributed by atoms with van der Waals surface area (Å²) in [5, 5.41) is 17.7. The number of nitrogens with one attached hydrogen (secondary N) is 2. The summed E-state index contributed by atoms with van der Waals surface area (Å²) in [6.45, 7) is 2.40. The van der Waals surface area contributed by atoms with Crippen LogP contribution in [0.2, 0.25) is 0 Å². The van der Waals surface area contributed by atoms with E-state index in [2.05, 4.69) is 36.1 Å². The number of anilines is 1. The fraction of sp³-hybridized carbons (Fsp3) is 0.143. The van der Waals surface area contributed by atoms with E-state index in [0.29, 0.717) is 33.7 Å². The van der Waals surface area contributed by atoms with E-state index < -0.39 is 10.0 Å². The Morgan fingerprint density at radius 3 is 2.58 bits per heavy atom. The maximum absolute atomic E-state index is 12.4. The number of fused-ring (bicyclic) bond motifs is 1. The first-order valence-corrected chi connectivity index (χ1v) is 11.8. The normalized spacial score (nSPS) is 11.7. The number of hydrogen-bond donors (Lipinski definition) is 3. The Labute approximate surface area is 188 Å². The van der Waals surface area contributed by atoms with Gasteiger partial charge in [-0.05, 0) is 47.1 Å². The van der Waals surface area contributed by atoms with E-state index in [-0.39, 0.29) is 17.2 Å². The standard InChI is InChI=1S/C21H20BrN5O3S/c1-14-6-8-15(9-7-14)31(29,30)25-11-10-23-20-12-18(16-4-2-3-5-19(16)28)26-21-17(22)13-24-27(20)21/h2-9,12-13,23,25,28H,10-11H2,1H3. The fourth-order valence-corrected chi connectivity index (χ4v) is 4.45. The van der Waals surface area contributed by atoms with Crippen molar-refractivity contribution >= 4 is 37.4 Å². The van der Waals surface area contributed by atoms with Crippen molar-refractivity contribution in [1.82, 2.24) is 19.3 Å². The third-order valence-electron chi connectivity index (χ3n) is 4.66. The zero-order valence-electron chi connectivity index (χ0n) is 16.6. The topological polar surface area (TPSA) is 109 Å². The van der Waals surface area contributed by atoms with Crippen LogP contribution in [0.3, 0.4) is 0 Å². The van der Waals surface area contributed by atoms with Crippen molar-refractivity contribution in [3.05, 3.63) is 70.8 Å². The Morgan fingerprint density at radius 2 is 1.84 bits per heavy atom. The number of para-hydroxylation sites is 1. The molecule has 0 atom stereocenters. The summed E-state index contributed by atoms with van der Waals surface area (Å²) >= 11 is 3.44. The minimum atomic E-state index is -3.59. The van der Waals surface area contributed by atoms with E-state index >= 15 is 0 Å². The number of nitrogens with zero attached hydrogens (tertiary/aromatic N) is 3. The Balaban J connectivity index is 1.53. The molecule has 2 heterocycles. The van der Waals surface area contributed by atoms with Gasteiger partial charge >= 0.3 is 0 Å². The number of sulfonamides is 1. The third-order valence-corrected chi connectivity index (χ3v) is 6.70. The van der Waals surface area contributed by atoms with E-state index in [1.807, 2.05) is 13.0 Å². The minimum absolute atomic E-state index is 0.117. The van der Waals surface area contributed by atoms with Gasteiger partial charge in [0.25, 0.3) is 0 Å². The molecule has 10 heteroatoms. The second-order valence-electron chi connectivity index (χ2n) is 6.91. The average molecular weight is 502 g/mol. The number of aromatic hydroxyl groups is 1. The number of aromatic nitrogens is 3. The van der Waals surface area contributed by atoms with Crippen LogP contribution < -0.4 is 10.0 Å². The molecule has 0 fully saturated rings. The van der Waals surface area contributed by atoms with Crippen molar-refractivity contribution in [2.45, 2.75) is 11.8 Å². The smallest absolute Gasteiger partial charge is 0.240 e.